The van der Waals surface area contributed by atoms with Crippen molar-refractivity contribution in [3.63, 3.8) is 0 Å². The summed E-state index contributed by atoms with van der Waals surface area (Å²) < 4.78 is 0. The van der Waals surface area contributed by atoms with Gasteiger partial charge in [-0.3, -0.25) is 4.79 Å². The van der Waals surface area contributed by atoms with Gasteiger partial charge in [0, 0.05) is 24.1 Å². The molecule has 1 aromatic rings. The van der Waals surface area contributed by atoms with Crippen LogP contribution < -0.4 is 10.9 Å². The average molecular weight is 221 g/mol. The van der Waals surface area contributed by atoms with Crippen LogP contribution in [0.1, 0.15) is 45.1 Å². The van der Waals surface area contributed by atoms with Crippen molar-refractivity contribution in [2.75, 3.05) is 0 Å². The highest BCUT2D eigenvalue weighted by atomic mass is 16.1. The minimum atomic E-state index is -0.0429. The van der Waals surface area contributed by atoms with E-state index in [-0.39, 0.29) is 11.0 Å². The lowest BCUT2D eigenvalue weighted by Gasteiger charge is -2.11. The van der Waals surface area contributed by atoms with Gasteiger partial charge in [0.05, 0.1) is 5.69 Å². The summed E-state index contributed by atoms with van der Waals surface area (Å²) >= 11 is 0. The molecule has 1 heterocycles. The van der Waals surface area contributed by atoms with Crippen molar-refractivity contribution >= 4 is 0 Å². The number of H-pyrrole nitrogens is 1. The zero-order chi connectivity index (χ0) is 11.8. The maximum absolute atomic E-state index is 11.5. The fourth-order valence-corrected chi connectivity index (χ4v) is 1.62. The third kappa shape index (κ3) is 2.50. The van der Waals surface area contributed by atoms with E-state index >= 15 is 0 Å². The maximum atomic E-state index is 11.5. The molecule has 0 spiro atoms. The Hall–Kier alpha value is -1.16. The minimum Gasteiger partial charge on any atom is -0.310 e. The van der Waals surface area contributed by atoms with Crippen LogP contribution in [0, 0.1) is 0 Å². The van der Waals surface area contributed by atoms with Gasteiger partial charge in [-0.2, -0.15) is 0 Å². The Kier molecular flexibility index (Phi) is 2.84. The Labute approximate surface area is 95.5 Å². The highest BCUT2D eigenvalue weighted by Crippen LogP contribution is 2.45. The van der Waals surface area contributed by atoms with Crippen LogP contribution >= 0.6 is 0 Å². The molecule has 1 fully saturated rings. The lowest BCUT2D eigenvalue weighted by atomic mass is 10.1. The van der Waals surface area contributed by atoms with Gasteiger partial charge in [0.25, 0.3) is 5.56 Å². The molecular formula is C12H19N3O. The predicted octanol–water partition coefficient (Wildman–Crippen LogP) is 1.32. The molecular weight excluding hydrogens is 202 g/mol. The molecule has 0 amide bonds. The minimum absolute atomic E-state index is 0.0429. The normalized spacial score (nSPS) is 17.8. The second-order valence-electron chi connectivity index (χ2n) is 5.18. The molecule has 0 atom stereocenters. The van der Waals surface area contributed by atoms with Gasteiger partial charge in [0.1, 0.15) is 5.82 Å². The van der Waals surface area contributed by atoms with Crippen LogP contribution in [0.3, 0.4) is 0 Å². The van der Waals surface area contributed by atoms with Crippen molar-refractivity contribution < 1.29 is 0 Å². The molecule has 1 aliphatic rings. The van der Waals surface area contributed by atoms with Crippen molar-refractivity contribution in [2.45, 2.75) is 51.6 Å². The number of nitrogens with one attached hydrogen (secondary N) is 2. The molecule has 2 N–H and O–H groups in total. The van der Waals surface area contributed by atoms with Gasteiger partial charge in [-0.15, -0.1) is 0 Å². The quantitative estimate of drug-likeness (QED) is 0.806. The average Bonchev–Trinajstić information content (AvgIpc) is 2.94. The van der Waals surface area contributed by atoms with E-state index in [9.17, 15) is 4.79 Å². The summed E-state index contributed by atoms with van der Waals surface area (Å²) in [6.07, 6.45) is 2.24. The van der Waals surface area contributed by atoms with Crippen molar-refractivity contribution in [3.8, 4) is 0 Å². The lowest BCUT2D eigenvalue weighted by Crippen LogP contribution is -2.25. The second kappa shape index (κ2) is 4.01. The van der Waals surface area contributed by atoms with Crippen LogP contribution in [0.15, 0.2) is 10.9 Å². The van der Waals surface area contributed by atoms with Crippen molar-refractivity contribution in [1.29, 1.82) is 0 Å². The van der Waals surface area contributed by atoms with E-state index in [0.717, 1.165) is 24.4 Å². The third-order valence-corrected chi connectivity index (χ3v) is 3.06. The largest absolute Gasteiger partial charge is 0.310 e. The van der Waals surface area contributed by atoms with Crippen LogP contribution in [-0.2, 0) is 12.0 Å². The number of rotatable bonds is 4. The smallest absolute Gasteiger partial charge is 0.251 e. The van der Waals surface area contributed by atoms with Gasteiger partial charge in [0.15, 0.2) is 0 Å². The van der Waals surface area contributed by atoms with Crippen molar-refractivity contribution in [3.05, 3.63) is 27.9 Å². The van der Waals surface area contributed by atoms with E-state index in [4.69, 9.17) is 0 Å². The van der Waals surface area contributed by atoms with E-state index < -0.39 is 0 Å². The first-order chi connectivity index (χ1) is 7.49. The molecule has 4 nitrogen and oxygen atoms in total. The number of hydrogen-bond acceptors (Lipinski definition) is 3. The number of nitrogens with zero attached hydrogens (tertiary/aromatic N) is 1. The molecule has 0 aliphatic heterocycles. The van der Waals surface area contributed by atoms with E-state index in [1.165, 1.54) is 0 Å². The van der Waals surface area contributed by atoms with Crippen LogP contribution in [0.2, 0.25) is 0 Å². The van der Waals surface area contributed by atoms with Crippen LogP contribution in [0.5, 0.6) is 0 Å². The molecule has 88 valence electrons. The SMILES string of the molecule is CC(C)NCc1cc(=O)[nH]c(C2(C)CC2)n1. The second-order valence-corrected chi connectivity index (χ2v) is 5.18. The van der Waals surface area contributed by atoms with E-state index in [2.05, 4.69) is 36.1 Å². The van der Waals surface area contributed by atoms with Gasteiger partial charge in [-0.1, -0.05) is 20.8 Å². The Morgan fingerprint density at radius 1 is 1.56 bits per heavy atom. The molecule has 0 radical (unpaired) electrons. The van der Waals surface area contributed by atoms with Crippen LogP contribution in [0.4, 0.5) is 0 Å². The molecule has 1 aromatic heterocycles. The topological polar surface area (TPSA) is 57.8 Å². The fourth-order valence-electron chi connectivity index (χ4n) is 1.62. The van der Waals surface area contributed by atoms with E-state index in [1.54, 1.807) is 6.07 Å². The summed E-state index contributed by atoms with van der Waals surface area (Å²) in [6, 6.07) is 1.98. The summed E-state index contributed by atoms with van der Waals surface area (Å²) in [6.45, 7) is 6.96. The van der Waals surface area contributed by atoms with Gasteiger partial charge in [0.2, 0.25) is 0 Å². The summed E-state index contributed by atoms with van der Waals surface area (Å²) in [5.41, 5.74) is 0.909. The highest BCUT2D eigenvalue weighted by Gasteiger charge is 2.41. The predicted molar refractivity (Wildman–Crippen MR) is 63.4 cm³/mol. The molecule has 0 aromatic carbocycles. The van der Waals surface area contributed by atoms with Gasteiger partial charge in [-0.25, -0.2) is 4.98 Å². The summed E-state index contributed by atoms with van der Waals surface area (Å²) in [5, 5.41) is 3.27. The lowest BCUT2D eigenvalue weighted by molar-refractivity contribution is 0.573. The Bertz CT molecular complexity index is 432. The monoisotopic (exact) mass is 221 g/mol. The Morgan fingerprint density at radius 2 is 2.25 bits per heavy atom. The molecule has 1 saturated carbocycles. The first-order valence-corrected chi connectivity index (χ1v) is 5.84. The van der Waals surface area contributed by atoms with Crippen LogP contribution in [-0.4, -0.2) is 16.0 Å². The van der Waals surface area contributed by atoms with Gasteiger partial charge < -0.3 is 10.3 Å². The Balaban J connectivity index is 2.19. The first-order valence-electron chi connectivity index (χ1n) is 5.84. The maximum Gasteiger partial charge on any atom is 0.251 e. The zero-order valence-electron chi connectivity index (χ0n) is 10.1. The molecule has 0 bridgehead atoms. The number of aromatic amines is 1. The third-order valence-electron chi connectivity index (χ3n) is 3.06. The summed E-state index contributed by atoms with van der Waals surface area (Å²) in [5.74, 6) is 0.848. The van der Waals surface area contributed by atoms with Crippen molar-refractivity contribution in [1.82, 2.24) is 15.3 Å². The molecule has 16 heavy (non-hydrogen) atoms. The van der Waals surface area contributed by atoms with E-state index in [1.807, 2.05) is 0 Å². The highest BCUT2D eigenvalue weighted by molar-refractivity contribution is 5.17. The standard InChI is InChI=1S/C12H19N3O/c1-8(2)13-7-9-6-10(16)15-11(14-9)12(3)4-5-12/h6,8,13H,4-5,7H2,1-3H3,(H,14,15,16). The molecule has 2 rings (SSSR count). The molecule has 4 heteroatoms. The molecule has 0 unspecified atom stereocenters. The fraction of sp³-hybridized carbons (Fsp3) is 0.667. The number of hydrogen-bond donors (Lipinski definition) is 2. The van der Waals surface area contributed by atoms with Gasteiger partial charge >= 0.3 is 0 Å². The van der Waals surface area contributed by atoms with Gasteiger partial charge in [-0.05, 0) is 12.8 Å². The summed E-state index contributed by atoms with van der Waals surface area (Å²) in [7, 11) is 0. The van der Waals surface area contributed by atoms with Crippen molar-refractivity contribution in [2.24, 2.45) is 0 Å². The summed E-state index contributed by atoms with van der Waals surface area (Å²) in [4.78, 5) is 18.9. The van der Waals surface area contributed by atoms with Crippen LogP contribution in [0.25, 0.3) is 0 Å². The Morgan fingerprint density at radius 3 is 2.81 bits per heavy atom. The zero-order valence-corrected chi connectivity index (χ0v) is 10.1. The first kappa shape index (κ1) is 11.3. The molecule has 0 saturated heterocycles. The molecule has 1 aliphatic carbocycles. The number of aromatic nitrogens is 2. The van der Waals surface area contributed by atoms with E-state index in [0.29, 0.717) is 12.6 Å².